The Morgan fingerprint density at radius 1 is 1.33 bits per heavy atom. The third kappa shape index (κ3) is 3.30. The third-order valence-corrected chi connectivity index (χ3v) is 2.18. The van der Waals surface area contributed by atoms with Crippen molar-refractivity contribution in [1.29, 1.82) is 0 Å². The molecular weight excluding hydrogens is 168 g/mol. The Balaban J connectivity index is 2.15. The number of unbranched alkanes of at least 4 members (excludes halogenated alkanes) is 3. The monoisotopic (exact) mass is 185 g/mol. The molecule has 3 heteroatoms. The van der Waals surface area contributed by atoms with Gasteiger partial charge in [-0.2, -0.15) is 3.97 Å². The molecule has 68 valence electrons. The van der Waals surface area contributed by atoms with E-state index in [0.717, 1.165) is 6.54 Å². The van der Waals surface area contributed by atoms with Crippen molar-refractivity contribution in [3.63, 3.8) is 0 Å². The summed E-state index contributed by atoms with van der Waals surface area (Å²) in [5.74, 6) is 0. The molecule has 0 bridgehead atoms. The zero-order valence-electron chi connectivity index (χ0n) is 7.61. The van der Waals surface area contributed by atoms with Crippen LogP contribution in [-0.2, 0) is 6.54 Å². The fraction of sp³-hybridized carbons (Fsp3) is 0.667. The molecule has 1 heterocycles. The van der Waals surface area contributed by atoms with Gasteiger partial charge >= 0.3 is 0 Å². The lowest BCUT2D eigenvalue weighted by atomic mass is 10.2. The summed E-state index contributed by atoms with van der Waals surface area (Å²) in [5, 5.41) is 0. The summed E-state index contributed by atoms with van der Waals surface area (Å²) in [4.78, 5) is 0. The van der Waals surface area contributed by atoms with Gasteiger partial charge in [-0.15, -0.1) is 0 Å². The molecule has 0 N–H and O–H groups in total. The van der Waals surface area contributed by atoms with E-state index in [9.17, 15) is 0 Å². The van der Waals surface area contributed by atoms with Crippen molar-refractivity contribution in [3.8, 4) is 0 Å². The maximum absolute atomic E-state index is 4.16. The zero-order valence-corrected chi connectivity index (χ0v) is 8.50. The Hall–Kier alpha value is -0.440. The Labute approximate surface area is 79.8 Å². The first-order chi connectivity index (χ1) is 5.83. The van der Waals surface area contributed by atoms with Gasteiger partial charge < -0.3 is 0 Å². The van der Waals surface area contributed by atoms with Gasteiger partial charge in [-0.1, -0.05) is 19.8 Å². The van der Waals surface area contributed by atoms with E-state index in [-0.39, 0.29) is 0 Å². The molecule has 0 unspecified atom stereocenters. The van der Waals surface area contributed by atoms with E-state index in [2.05, 4.69) is 30.5 Å². The second-order valence-corrected chi connectivity index (χ2v) is 3.55. The van der Waals surface area contributed by atoms with Crippen LogP contribution in [0.15, 0.2) is 18.7 Å². The molecule has 0 radical (unpaired) electrons. The average Bonchev–Trinajstić information content (AvgIpc) is 2.45. The molecule has 0 aliphatic rings. The second kappa shape index (κ2) is 5.25. The van der Waals surface area contributed by atoms with Gasteiger partial charge in [-0.05, 0) is 12.8 Å². The lowest BCUT2D eigenvalue weighted by Crippen LogP contribution is -2.30. The van der Waals surface area contributed by atoms with Gasteiger partial charge in [0.05, 0.1) is 6.54 Å². The predicted octanol–water partition coefficient (Wildman–Crippen LogP) is 2.05. The maximum atomic E-state index is 4.16. The normalized spacial score (nSPS) is 10.5. The molecule has 0 aromatic carbocycles. The van der Waals surface area contributed by atoms with E-state index in [4.69, 9.17) is 0 Å². The molecule has 0 aliphatic heterocycles. The third-order valence-electron chi connectivity index (χ3n) is 1.95. The SMILES string of the molecule is CCCCCC[n+]1ccn(S)c1. The van der Waals surface area contributed by atoms with Crippen LogP contribution < -0.4 is 4.57 Å². The topological polar surface area (TPSA) is 8.81 Å². The van der Waals surface area contributed by atoms with Crippen LogP contribution in [0.4, 0.5) is 0 Å². The highest BCUT2D eigenvalue weighted by Crippen LogP contribution is 1.98. The van der Waals surface area contributed by atoms with Crippen LogP contribution in [0.25, 0.3) is 0 Å². The van der Waals surface area contributed by atoms with Crippen molar-refractivity contribution < 1.29 is 4.57 Å². The molecule has 2 nitrogen and oxygen atoms in total. The smallest absolute Gasteiger partial charge is 0.236 e. The number of hydrogen-bond acceptors (Lipinski definition) is 1. The molecular formula is C9H17N2S+. The van der Waals surface area contributed by atoms with Crippen molar-refractivity contribution >= 4 is 12.8 Å². The van der Waals surface area contributed by atoms with Crippen LogP contribution in [0, 0.1) is 0 Å². The minimum atomic E-state index is 1.12. The molecule has 1 aromatic rings. The number of hydrogen-bond donors (Lipinski definition) is 1. The lowest BCUT2D eigenvalue weighted by molar-refractivity contribution is -0.696. The van der Waals surface area contributed by atoms with Crippen molar-refractivity contribution in [2.45, 2.75) is 39.2 Å². The van der Waals surface area contributed by atoms with Crippen molar-refractivity contribution in [2.24, 2.45) is 0 Å². The second-order valence-electron chi connectivity index (χ2n) is 3.09. The molecule has 0 aliphatic carbocycles. The number of aromatic nitrogens is 2. The number of rotatable bonds is 5. The quantitative estimate of drug-likeness (QED) is 0.408. The van der Waals surface area contributed by atoms with Crippen LogP contribution in [0.1, 0.15) is 32.6 Å². The van der Waals surface area contributed by atoms with Gasteiger partial charge in [0.2, 0.25) is 0 Å². The summed E-state index contributed by atoms with van der Waals surface area (Å²) in [7, 11) is 0. The van der Waals surface area contributed by atoms with Crippen LogP contribution in [0.3, 0.4) is 0 Å². The standard InChI is InChI=1S/C9H17N2S/c1-2-3-4-5-6-10-7-8-11(12)9-10/h7-9,12H,2-6H2,1H3/q+1. The lowest BCUT2D eigenvalue weighted by Gasteiger charge is -1.95. The van der Waals surface area contributed by atoms with Crippen LogP contribution >= 0.6 is 12.8 Å². The summed E-state index contributed by atoms with van der Waals surface area (Å²) in [6.07, 6.45) is 11.3. The Kier molecular flexibility index (Phi) is 4.22. The minimum absolute atomic E-state index is 1.12. The molecule has 0 saturated heterocycles. The molecule has 0 spiro atoms. The molecule has 0 atom stereocenters. The van der Waals surface area contributed by atoms with Gasteiger partial charge in [-0.3, -0.25) is 0 Å². The number of imidazole rings is 1. The fourth-order valence-corrected chi connectivity index (χ4v) is 1.43. The molecule has 12 heavy (non-hydrogen) atoms. The van der Waals surface area contributed by atoms with E-state index >= 15 is 0 Å². The summed E-state index contributed by atoms with van der Waals surface area (Å²) in [6, 6.07) is 0. The Morgan fingerprint density at radius 2 is 2.17 bits per heavy atom. The van der Waals surface area contributed by atoms with Crippen LogP contribution in [0.5, 0.6) is 0 Å². The van der Waals surface area contributed by atoms with E-state index in [1.54, 1.807) is 3.97 Å². The molecule has 0 saturated carbocycles. The van der Waals surface area contributed by atoms with Crippen molar-refractivity contribution in [1.82, 2.24) is 3.97 Å². The fourth-order valence-electron chi connectivity index (χ4n) is 1.24. The van der Waals surface area contributed by atoms with Gasteiger partial charge in [-0.25, -0.2) is 4.57 Å². The Bertz CT molecular complexity index is 220. The highest BCUT2D eigenvalue weighted by atomic mass is 32.1. The first-order valence-electron chi connectivity index (χ1n) is 4.59. The van der Waals surface area contributed by atoms with Gasteiger partial charge in [0.25, 0.3) is 6.33 Å². The number of thiol groups is 1. The highest BCUT2D eigenvalue weighted by Gasteiger charge is 1.98. The van der Waals surface area contributed by atoms with Gasteiger partial charge in [0, 0.05) is 12.8 Å². The predicted molar refractivity (Wildman–Crippen MR) is 53.2 cm³/mol. The number of nitrogens with zero attached hydrogens (tertiary/aromatic N) is 2. The molecule has 1 aromatic heterocycles. The van der Waals surface area contributed by atoms with Crippen molar-refractivity contribution in [3.05, 3.63) is 18.7 Å². The van der Waals surface area contributed by atoms with Gasteiger partial charge in [0.15, 0.2) is 0 Å². The van der Waals surface area contributed by atoms with E-state index in [0.29, 0.717) is 0 Å². The number of aryl methyl sites for hydroxylation is 1. The van der Waals surface area contributed by atoms with E-state index in [1.807, 2.05) is 12.5 Å². The Morgan fingerprint density at radius 3 is 2.75 bits per heavy atom. The molecule has 1 rings (SSSR count). The highest BCUT2D eigenvalue weighted by molar-refractivity contribution is 7.78. The average molecular weight is 185 g/mol. The minimum Gasteiger partial charge on any atom is -0.236 e. The first-order valence-corrected chi connectivity index (χ1v) is 4.99. The first kappa shape index (κ1) is 9.65. The van der Waals surface area contributed by atoms with Crippen molar-refractivity contribution in [2.75, 3.05) is 0 Å². The summed E-state index contributed by atoms with van der Waals surface area (Å²) in [5.41, 5.74) is 0. The summed E-state index contributed by atoms with van der Waals surface area (Å²) in [6.45, 7) is 3.35. The van der Waals surface area contributed by atoms with Gasteiger partial charge in [0.1, 0.15) is 12.4 Å². The van der Waals surface area contributed by atoms with E-state index in [1.165, 1.54) is 25.7 Å². The van der Waals surface area contributed by atoms with E-state index < -0.39 is 0 Å². The summed E-state index contributed by atoms with van der Waals surface area (Å²) < 4.78 is 3.95. The van der Waals surface area contributed by atoms with Crippen LogP contribution in [0.2, 0.25) is 0 Å². The largest absolute Gasteiger partial charge is 0.255 e. The maximum Gasteiger partial charge on any atom is 0.255 e. The summed E-state index contributed by atoms with van der Waals surface area (Å²) >= 11 is 4.16. The zero-order chi connectivity index (χ0) is 8.81. The molecule has 0 fully saturated rings. The van der Waals surface area contributed by atoms with Crippen LogP contribution in [-0.4, -0.2) is 3.97 Å². The molecule has 0 amide bonds.